The molecular formula is C16H21N3O2. The van der Waals surface area contributed by atoms with Crippen LogP contribution in [0.2, 0.25) is 0 Å². The van der Waals surface area contributed by atoms with Crippen molar-refractivity contribution in [3.63, 3.8) is 0 Å². The van der Waals surface area contributed by atoms with Crippen molar-refractivity contribution in [2.24, 2.45) is 11.7 Å². The SMILES string of the molecule is COc1cccc(-c2noc(C(N)C3CCCCC3)n2)c1. The smallest absolute Gasteiger partial charge is 0.244 e. The summed E-state index contributed by atoms with van der Waals surface area (Å²) in [7, 11) is 1.64. The van der Waals surface area contributed by atoms with Gasteiger partial charge in [0.05, 0.1) is 13.2 Å². The molecule has 2 aromatic rings. The molecule has 0 amide bonds. The van der Waals surface area contributed by atoms with Gasteiger partial charge in [-0.05, 0) is 30.9 Å². The Hall–Kier alpha value is -1.88. The number of hydrogen-bond donors (Lipinski definition) is 1. The first-order valence-corrected chi connectivity index (χ1v) is 7.51. The summed E-state index contributed by atoms with van der Waals surface area (Å²) in [6.07, 6.45) is 6.10. The quantitative estimate of drug-likeness (QED) is 0.933. The maximum absolute atomic E-state index is 6.30. The van der Waals surface area contributed by atoms with Crippen LogP contribution in [0.4, 0.5) is 0 Å². The lowest BCUT2D eigenvalue weighted by Crippen LogP contribution is -2.23. The molecule has 5 nitrogen and oxygen atoms in total. The van der Waals surface area contributed by atoms with Crippen molar-refractivity contribution in [2.45, 2.75) is 38.1 Å². The minimum absolute atomic E-state index is 0.155. The van der Waals surface area contributed by atoms with E-state index in [1.54, 1.807) is 7.11 Å². The second-order valence-corrected chi connectivity index (χ2v) is 5.61. The van der Waals surface area contributed by atoms with Gasteiger partial charge in [-0.3, -0.25) is 0 Å². The summed E-state index contributed by atoms with van der Waals surface area (Å²) < 4.78 is 10.6. The second kappa shape index (κ2) is 6.26. The van der Waals surface area contributed by atoms with Gasteiger partial charge >= 0.3 is 0 Å². The molecule has 1 atom stereocenters. The number of ether oxygens (including phenoxy) is 1. The highest BCUT2D eigenvalue weighted by molar-refractivity contribution is 5.56. The third-order valence-corrected chi connectivity index (χ3v) is 4.21. The van der Waals surface area contributed by atoms with Crippen molar-refractivity contribution < 1.29 is 9.26 Å². The highest BCUT2D eigenvalue weighted by Gasteiger charge is 2.26. The van der Waals surface area contributed by atoms with Crippen LogP contribution in [0.3, 0.4) is 0 Å². The van der Waals surface area contributed by atoms with E-state index >= 15 is 0 Å². The van der Waals surface area contributed by atoms with E-state index in [1.165, 1.54) is 19.3 Å². The van der Waals surface area contributed by atoms with Crippen molar-refractivity contribution in [3.05, 3.63) is 30.2 Å². The number of rotatable bonds is 4. The normalized spacial score (nSPS) is 17.6. The zero-order valence-corrected chi connectivity index (χ0v) is 12.3. The van der Waals surface area contributed by atoms with Gasteiger partial charge in [0.15, 0.2) is 0 Å². The zero-order valence-electron chi connectivity index (χ0n) is 12.3. The van der Waals surface area contributed by atoms with E-state index in [2.05, 4.69) is 10.1 Å². The van der Waals surface area contributed by atoms with Crippen LogP contribution in [0, 0.1) is 5.92 Å². The van der Waals surface area contributed by atoms with Gasteiger partial charge in [0.25, 0.3) is 0 Å². The lowest BCUT2D eigenvalue weighted by Gasteiger charge is -2.24. The lowest BCUT2D eigenvalue weighted by molar-refractivity contribution is 0.255. The average Bonchev–Trinajstić information content (AvgIpc) is 3.05. The standard InChI is InChI=1S/C16H21N3O2/c1-20-13-9-5-8-12(10-13)15-18-16(21-19-15)14(17)11-6-3-2-4-7-11/h5,8-11,14H,2-4,6-7,17H2,1H3. The predicted molar refractivity (Wildman–Crippen MR) is 79.8 cm³/mol. The van der Waals surface area contributed by atoms with Gasteiger partial charge in [-0.25, -0.2) is 0 Å². The van der Waals surface area contributed by atoms with Crippen LogP contribution in [-0.4, -0.2) is 17.3 Å². The fraction of sp³-hybridized carbons (Fsp3) is 0.500. The van der Waals surface area contributed by atoms with Crippen molar-refractivity contribution in [1.29, 1.82) is 0 Å². The molecule has 1 aromatic carbocycles. The molecule has 1 aliphatic rings. The average molecular weight is 287 g/mol. The predicted octanol–water partition coefficient (Wildman–Crippen LogP) is 3.33. The summed E-state index contributed by atoms with van der Waals surface area (Å²) in [5.41, 5.74) is 7.17. The van der Waals surface area contributed by atoms with Crippen LogP contribution in [-0.2, 0) is 0 Å². The summed E-state index contributed by atoms with van der Waals surface area (Å²) in [4.78, 5) is 4.47. The largest absolute Gasteiger partial charge is 0.497 e. The summed E-state index contributed by atoms with van der Waals surface area (Å²) in [5.74, 6) is 2.34. The second-order valence-electron chi connectivity index (χ2n) is 5.61. The number of methoxy groups -OCH3 is 1. The van der Waals surface area contributed by atoms with Gasteiger partial charge in [-0.2, -0.15) is 4.98 Å². The van der Waals surface area contributed by atoms with E-state index in [-0.39, 0.29) is 6.04 Å². The van der Waals surface area contributed by atoms with E-state index in [0.29, 0.717) is 17.6 Å². The maximum Gasteiger partial charge on any atom is 0.244 e. The van der Waals surface area contributed by atoms with Gasteiger partial charge in [-0.1, -0.05) is 36.6 Å². The zero-order chi connectivity index (χ0) is 14.7. The lowest BCUT2D eigenvalue weighted by atomic mass is 9.84. The van der Waals surface area contributed by atoms with Crippen LogP contribution in [0.1, 0.15) is 44.0 Å². The molecule has 1 aromatic heterocycles. The van der Waals surface area contributed by atoms with Crippen molar-refractivity contribution in [3.8, 4) is 17.1 Å². The first kappa shape index (κ1) is 14.1. The Morgan fingerprint density at radius 1 is 1.29 bits per heavy atom. The molecule has 3 rings (SSSR count). The highest BCUT2D eigenvalue weighted by atomic mass is 16.5. The molecule has 1 unspecified atom stereocenters. The molecule has 0 spiro atoms. The number of benzene rings is 1. The summed E-state index contributed by atoms with van der Waals surface area (Å²) in [5, 5.41) is 4.06. The van der Waals surface area contributed by atoms with Crippen molar-refractivity contribution >= 4 is 0 Å². The van der Waals surface area contributed by atoms with Gasteiger partial charge < -0.3 is 15.0 Å². The van der Waals surface area contributed by atoms with Gasteiger partial charge in [0.1, 0.15) is 5.75 Å². The van der Waals surface area contributed by atoms with E-state index in [9.17, 15) is 0 Å². The van der Waals surface area contributed by atoms with Crippen molar-refractivity contribution in [1.82, 2.24) is 10.1 Å². The third kappa shape index (κ3) is 3.08. The molecule has 0 aliphatic heterocycles. The Morgan fingerprint density at radius 3 is 2.86 bits per heavy atom. The van der Waals surface area contributed by atoms with E-state index < -0.39 is 0 Å². The topological polar surface area (TPSA) is 74.2 Å². The fourth-order valence-corrected chi connectivity index (χ4v) is 2.94. The molecule has 21 heavy (non-hydrogen) atoms. The number of hydrogen-bond acceptors (Lipinski definition) is 5. The number of nitrogens with zero attached hydrogens (tertiary/aromatic N) is 2. The molecule has 0 bridgehead atoms. The Bertz CT molecular complexity index is 591. The molecule has 1 saturated carbocycles. The Labute approximate surface area is 124 Å². The Balaban J connectivity index is 1.78. The minimum atomic E-state index is -0.155. The molecule has 2 N–H and O–H groups in total. The molecule has 5 heteroatoms. The fourth-order valence-electron chi connectivity index (χ4n) is 2.94. The van der Waals surface area contributed by atoms with Crippen LogP contribution in [0.25, 0.3) is 11.4 Å². The molecule has 0 radical (unpaired) electrons. The van der Waals surface area contributed by atoms with Crippen LogP contribution in [0.5, 0.6) is 5.75 Å². The summed E-state index contributed by atoms with van der Waals surface area (Å²) in [6.45, 7) is 0. The Kier molecular flexibility index (Phi) is 4.20. The first-order chi connectivity index (χ1) is 10.3. The van der Waals surface area contributed by atoms with Crippen LogP contribution >= 0.6 is 0 Å². The van der Waals surface area contributed by atoms with Gasteiger partial charge in [0.2, 0.25) is 11.7 Å². The highest BCUT2D eigenvalue weighted by Crippen LogP contribution is 2.33. The third-order valence-electron chi connectivity index (χ3n) is 4.21. The van der Waals surface area contributed by atoms with E-state index in [4.69, 9.17) is 15.0 Å². The van der Waals surface area contributed by atoms with Gasteiger partial charge in [-0.15, -0.1) is 0 Å². The van der Waals surface area contributed by atoms with Crippen LogP contribution < -0.4 is 10.5 Å². The molecular weight excluding hydrogens is 266 g/mol. The maximum atomic E-state index is 6.30. The van der Waals surface area contributed by atoms with E-state index in [1.807, 2.05) is 24.3 Å². The monoisotopic (exact) mass is 287 g/mol. The summed E-state index contributed by atoms with van der Waals surface area (Å²) >= 11 is 0. The molecule has 0 saturated heterocycles. The molecule has 112 valence electrons. The van der Waals surface area contributed by atoms with Crippen molar-refractivity contribution in [2.75, 3.05) is 7.11 Å². The Morgan fingerprint density at radius 2 is 2.10 bits per heavy atom. The number of aromatic nitrogens is 2. The molecule has 1 heterocycles. The van der Waals surface area contributed by atoms with E-state index in [0.717, 1.165) is 24.2 Å². The van der Waals surface area contributed by atoms with Crippen LogP contribution in [0.15, 0.2) is 28.8 Å². The molecule has 1 aliphatic carbocycles. The first-order valence-electron chi connectivity index (χ1n) is 7.51. The minimum Gasteiger partial charge on any atom is -0.497 e. The van der Waals surface area contributed by atoms with Gasteiger partial charge in [0, 0.05) is 5.56 Å². The number of nitrogens with two attached hydrogens (primary N) is 1. The summed E-state index contributed by atoms with van der Waals surface area (Å²) in [6, 6.07) is 7.46. The molecule has 1 fully saturated rings.